The van der Waals surface area contributed by atoms with Gasteiger partial charge in [0.15, 0.2) is 0 Å². The fourth-order valence-electron chi connectivity index (χ4n) is 7.06. The summed E-state index contributed by atoms with van der Waals surface area (Å²) >= 11 is 0. The van der Waals surface area contributed by atoms with Crippen molar-refractivity contribution in [3.63, 3.8) is 0 Å². The number of nitrogens with one attached hydrogen (secondary N) is 7. The van der Waals surface area contributed by atoms with Gasteiger partial charge in [0.05, 0.1) is 19.3 Å². The molecule has 2 rings (SSSR count). The van der Waals surface area contributed by atoms with E-state index < -0.39 is 138 Å². The number of carbonyl (C=O) groups is 11. The fourth-order valence-corrected chi connectivity index (χ4v) is 7.06. The van der Waals surface area contributed by atoms with Crippen LogP contribution in [0.15, 0.2) is 30.3 Å². The van der Waals surface area contributed by atoms with Crippen molar-refractivity contribution in [3.8, 4) is 0 Å². The van der Waals surface area contributed by atoms with E-state index in [9.17, 15) is 57.8 Å². The highest BCUT2D eigenvalue weighted by molar-refractivity contribution is 6.38. The molecule has 1 heterocycles. The van der Waals surface area contributed by atoms with Crippen molar-refractivity contribution in [1.29, 1.82) is 0 Å². The number of benzene rings is 1. The zero-order chi connectivity index (χ0) is 49.7. The Labute approximate surface area is 383 Å². The third kappa shape index (κ3) is 18.2. The number of carboxylic acids is 2. The summed E-state index contributed by atoms with van der Waals surface area (Å²) in [5.41, 5.74) is 0.823. The van der Waals surface area contributed by atoms with Crippen LogP contribution in [0.3, 0.4) is 0 Å². The lowest BCUT2D eigenvalue weighted by Crippen LogP contribution is -2.61. The van der Waals surface area contributed by atoms with Crippen LogP contribution in [0, 0.1) is 11.8 Å². The molecule has 1 aromatic carbocycles. The molecule has 1 aromatic rings. The Balaban J connectivity index is 2.22. The van der Waals surface area contributed by atoms with Crippen LogP contribution in [0.4, 0.5) is 0 Å². The summed E-state index contributed by atoms with van der Waals surface area (Å²) in [6.07, 6.45) is -0.853. The van der Waals surface area contributed by atoms with Gasteiger partial charge in [-0.1, -0.05) is 71.4 Å². The Morgan fingerprint density at radius 1 is 0.682 bits per heavy atom. The average molecular weight is 931 g/mol. The molecule has 8 amide bonds. The number of ether oxygens (including phenoxy) is 1. The lowest BCUT2D eigenvalue weighted by Gasteiger charge is -2.33. The Morgan fingerprint density at radius 2 is 1.24 bits per heavy atom. The normalized spacial score (nSPS) is 16.1. The topological polar surface area (TPSA) is 325 Å². The number of Topliss-reactive ketones (excluding diaryl/α,β-unsaturated/α-hetero) is 1. The standard InChI is InChI=1S/C44H66N8O14/c1-8-13-28(37(58)43(64)49-31(38(59)45-7)23-66-22-27-14-10-9-11-15-27)47-41(62)32-16-12-21-52(32)44(65)36(25(4)5)51-42(63)35(24(2)3)50-40(61)30(18-20-34(56)57)48-39(60)29(46-26(6)53)17-19-33(54)55/h9-11,14-15,24-25,28-32,35-36H,8,12-13,16-23H2,1-7H3,(H,45,59)(H,46,53)(H,47,62)(H,48,60)(H,49,64)(H,50,61)(H,51,63)(H,54,55)(H,56,57). The molecule has 66 heavy (non-hydrogen) atoms. The average Bonchev–Trinajstić information content (AvgIpc) is 3.76. The van der Waals surface area contributed by atoms with E-state index in [1.807, 2.05) is 30.3 Å². The number of aliphatic carboxylic acids is 2. The number of amides is 8. The number of ketones is 1. The second kappa shape index (κ2) is 27.8. The first kappa shape index (κ1) is 55.7. The first-order valence-corrected chi connectivity index (χ1v) is 22.0. The smallest absolute Gasteiger partial charge is 0.303 e. The summed E-state index contributed by atoms with van der Waals surface area (Å²) in [4.78, 5) is 144. The zero-order valence-corrected chi connectivity index (χ0v) is 38.6. The van der Waals surface area contributed by atoms with Crippen LogP contribution in [0.25, 0.3) is 0 Å². The summed E-state index contributed by atoms with van der Waals surface area (Å²) < 4.78 is 5.63. The molecular formula is C44H66N8O14. The summed E-state index contributed by atoms with van der Waals surface area (Å²) in [7, 11) is 1.36. The quantitative estimate of drug-likeness (QED) is 0.0469. The number of carbonyl (C=O) groups excluding carboxylic acids is 9. The van der Waals surface area contributed by atoms with Crippen LogP contribution in [-0.4, -0.2) is 143 Å². The Morgan fingerprint density at radius 3 is 1.77 bits per heavy atom. The van der Waals surface area contributed by atoms with Crippen LogP contribution in [-0.2, 0) is 64.1 Å². The molecule has 0 aromatic heterocycles. The zero-order valence-electron chi connectivity index (χ0n) is 38.6. The summed E-state index contributed by atoms with van der Waals surface area (Å²) in [5.74, 6) is -11.2. The Bertz CT molecular complexity index is 1890. The molecule has 1 aliphatic rings. The van der Waals surface area contributed by atoms with Crippen molar-refractivity contribution < 1.29 is 67.7 Å². The maximum absolute atomic E-state index is 14.2. The molecule has 1 fully saturated rings. The lowest BCUT2D eigenvalue weighted by atomic mass is 9.98. The van der Waals surface area contributed by atoms with Gasteiger partial charge in [0.1, 0.15) is 36.3 Å². The Kier molecular flexibility index (Phi) is 23.4. The molecule has 7 unspecified atom stereocenters. The maximum atomic E-state index is 14.2. The van der Waals surface area contributed by atoms with Crippen molar-refractivity contribution in [3.05, 3.63) is 35.9 Å². The van der Waals surface area contributed by atoms with E-state index >= 15 is 0 Å². The number of nitrogens with zero attached hydrogens (tertiary/aromatic N) is 1. The predicted molar refractivity (Wildman–Crippen MR) is 235 cm³/mol. The summed E-state index contributed by atoms with van der Waals surface area (Å²) in [6, 6.07) is -0.0175. The van der Waals surface area contributed by atoms with Gasteiger partial charge in [0, 0.05) is 33.4 Å². The van der Waals surface area contributed by atoms with Gasteiger partial charge in [-0.05, 0) is 49.5 Å². The van der Waals surface area contributed by atoms with E-state index in [2.05, 4.69) is 37.2 Å². The van der Waals surface area contributed by atoms with E-state index in [-0.39, 0.29) is 39.0 Å². The number of likely N-dealkylation sites (tertiary alicyclic amines) is 1. The number of rotatable bonds is 28. The molecule has 22 heteroatoms. The minimum atomic E-state index is -1.54. The molecule has 0 spiro atoms. The van der Waals surface area contributed by atoms with Crippen molar-refractivity contribution >= 4 is 65.0 Å². The van der Waals surface area contributed by atoms with Crippen LogP contribution in [0.1, 0.15) is 98.5 Å². The van der Waals surface area contributed by atoms with E-state index in [0.717, 1.165) is 12.5 Å². The monoisotopic (exact) mass is 930 g/mol. The maximum Gasteiger partial charge on any atom is 0.303 e. The van der Waals surface area contributed by atoms with E-state index in [1.54, 1.807) is 34.6 Å². The van der Waals surface area contributed by atoms with Crippen molar-refractivity contribution in [2.24, 2.45) is 11.8 Å². The van der Waals surface area contributed by atoms with Crippen LogP contribution >= 0.6 is 0 Å². The predicted octanol–water partition coefficient (Wildman–Crippen LogP) is -0.720. The summed E-state index contributed by atoms with van der Waals surface area (Å²) in [5, 5.41) is 35.7. The first-order chi connectivity index (χ1) is 31.1. The SMILES string of the molecule is CCCC(NC(=O)C1CCCN1C(=O)C(NC(=O)C(NC(=O)C(CCC(=O)O)NC(=O)C(CCC(=O)O)NC(C)=O)C(C)C)C(C)C)C(=O)C(=O)NC(COCc1ccccc1)C(=O)NC. The van der Waals surface area contributed by atoms with Gasteiger partial charge >= 0.3 is 11.9 Å². The third-order valence-electron chi connectivity index (χ3n) is 10.6. The minimum absolute atomic E-state index is 0.0578. The van der Waals surface area contributed by atoms with Crippen molar-refractivity contribution in [2.75, 3.05) is 20.2 Å². The number of hydrogen-bond acceptors (Lipinski definition) is 12. The highest BCUT2D eigenvalue weighted by Gasteiger charge is 2.41. The molecule has 1 aliphatic heterocycles. The van der Waals surface area contributed by atoms with Gasteiger partial charge in [-0.3, -0.25) is 52.7 Å². The van der Waals surface area contributed by atoms with Crippen LogP contribution in [0.5, 0.6) is 0 Å². The highest BCUT2D eigenvalue weighted by Crippen LogP contribution is 2.21. The van der Waals surface area contributed by atoms with E-state index in [4.69, 9.17) is 9.84 Å². The van der Waals surface area contributed by atoms with Gasteiger partial charge in [-0.2, -0.15) is 0 Å². The molecule has 0 radical (unpaired) electrons. The Hall–Kier alpha value is -6.45. The second-order valence-corrected chi connectivity index (χ2v) is 16.7. The first-order valence-electron chi connectivity index (χ1n) is 22.0. The summed E-state index contributed by atoms with van der Waals surface area (Å²) in [6.45, 7) is 9.32. The molecule has 7 atom stereocenters. The molecular weight excluding hydrogens is 865 g/mol. The molecule has 0 bridgehead atoms. The lowest BCUT2D eigenvalue weighted by molar-refractivity contribution is -0.145. The van der Waals surface area contributed by atoms with Crippen molar-refractivity contribution in [2.45, 2.75) is 142 Å². The van der Waals surface area contributed by atoms with E-state index in [1.165, 1.54) is 11.9 Å². The molecule has 366 valence electrons. The van der Waals surface area contributed by atoms with Gasteiger partial charge in [-0.15, -0.1) is 0 Å². The van der Waals surface area contributed by atoms with Gasteiger partial charge in [-0.25, -0.2) is 0 Å². The molecule has 1 saturated heterocycles. The largest absolute Gasteiger partial charge is 0.481 e. The third-order valence-corrected chi connectivity index (χ3v) is 10.6. The number of hydrogen-bond donors (Lipinski definition) is 9. The van der Waals surface area contributed by atoms with Crippen LogP contribution in [0.2, 0.25) is 0 Å². The molecule has 0 saturated carbocycles. The number of likely N-dealkylation sites (N-methyl/N-ethyl adjacent to an activating group) is 1. The van der Waals surface area contributed by atoms with Crippen molar-refractivity contribution in [1.82, 2.24) is 42.1 Å². The van der Waals surface area contributed by atoms with Gasteiger partial charge < -0.3 is 57.1 Å². The fraction of sp³-hybridized carbons (Fsp3) is 0.614. The van der Waals surface area contributed by atoms with Crippen LogP contribution < -0.4 is 37.2 Å². The highest BCUT2D eigenvalue weighted by atomic mass is 16.5. The van der Waals surface area contributed by atoms with E-state index in [0.29, 0.717) is 12.8 Å². The number of carboxylic acid groups (broad SMARTS) is 2. The van der Waals surface area contributed by atoms with Gasteiger partial charge in [0.25, 0.3) is 5.91 Å². The second-order valence-electron chi connectivity index (χ2n) is 16.7. The minimum Gasteiger partial charge on any atom is -0.481 e. The van der Waals surface area contributed by atoms with Gasteiger partial charge in [0.2, 0.25) is 47.1 Å². The molecule has 9 N–H and O–H groups in total. The molecule has 22 nitrogen and oxygen atoms in total. The molecule has 0 aliphatic carbocycles.